The van der Waals surface area contributed by atoms with Gasteiger partial charge in [-0.05, 0) is 40.7 Å². The van der Waals surface area contributed by atoms with E-state index in [0.717, 1.165) is 43.3 Å². The summed E-state index contributed by atoms with van der Waals surface area (Å²) in [5, 5.41) is 9.98. The van der Waals surface area contributed by atoms with Crippen molar-refractivity contribution in [2.24, 2.45) is 0 Å². The average molecular weight is 322 g/mol. The predicted molar refractivity (Wildman–Crippen MR) is 91.9 cm³/mol. The van der Waals surface area contributed by atoms with E-state index in [1.54, 1.807) is 0 Å². The Morgan fingerprint density at radius 2 is 2.04 bits per heavy atom. The van der Waals surface area contributed by atoms with Gasteiger partial charge in [-0.15, -0.1) is 0 Å². The van der Waals surface area contributed by atoms with Crippen LogP contribution in [0, 0.1) is 13.8 Å². The van der Waals surface area contributed by atoms with Crippen LogP contribution in [0.5, 0.6) is 0 Å². The van der Waals surface area contributed by atoms with Gasteiger partial charge in [0.2, 0.25) is 0 Å². The first kappa shape index (κ1) is 18.1. The number of aliphatic hydroxyl groups is 1. The Bertz CT molecular complexity index is 469. The van der Waals surface area contributed by atoms with Gasteiger partial charge in [0.1, 0.15) is 11.6 Å². The summed E-state index contributed by atoms with van der Waals surface area (Å²) in [6, 6.07) is 2.56. The number of hydrogen-bond acceptors (Lipinski definition) is 6. The van der Waals surface area contributed by atoms with Crippen molar-refractivity contribution < 1.29 is 9.84 Å². The van der Waals surface area contributed by atoms with E-state index in [0.29, 0.717) is 25.8 Å². The Kier molecular flexibility index (Phi) is 6.74. The van der Waals surface area contributed by atoms with E-state index in [-0.39, 0.29) is 0 Å². The highest BCUT2D eigenvalue weighted by molar-refractivity contribution is 5.40. The summed E-state index contributed by atoms with van der Waals surface area (Å²) in [4.78, 5) is 13.5. The first-order valence-corrected chi connectivity index (χ1v) is 8.53. The van der Waals surface area contributed by atoms with E-state index in [1.165, 1.54) is 0 Å². The fourth-order valence-electron chi connectivity index (χ4n) is 3.18. The monoisotopic (exact) mass is 322 g/mol. The topological polar surface area (TPSA) is 61.7 Å². The van der Waals surface area contributed by atoms with Crippen LogP contribution in [0.25, 0.3) is 0 Å². The molecule has 130 valence electrons. The standard InChI is InChI=1S/C17H30N4O2/c1-5-23-12-16(22)11-20(4)15-6-8-21(9-7-15)17-10-13(2)18-14(3)19-17/h10,15-16,22H,5-9,11-12H2,1-4H3. The molecular weight excluding hydrogens is 292 g/mol. The molecule has 23 heavy (non-hydrogen) atoms. The number of likely N-dealkylation sites (N-methyl/N-ethyl adjacent to an activating group) is 1. The fraction of sp³-hybridized carbons (Fsp3) is 0.765. The minimum atomic E-state index is -0.412. The summed E-state index contributed by atoms with van der Waals surface area (Å²) in [5.41, 5.74) is 1.02. The van der Waals surface area contributed by atoms with Crippen molar-refractivity contribution in [2.75, 3.05) is 44.8 Å². The number of piperidine rings is 1. The van der Waals surface area contributed by atoms with E-state index < -0.39 is 6.10 Å². The highest BCUT2D eigenvalue weighted by Gasteiger charge is 2.24. The van der Waals surface area contributed by atoms with Crippen molar-refractivity contribution >= 4 is 5.82 Å². The fourth-order valence-corrected chi connectivity index (χ4v) is 3.18. The molecule has 1 unspecified atom stereocenters. The van der Waals surface area contributed by atoms with Gasteiger partial charge >= 0.3 is 0 Å². The molecule has 6 heteroatoms. The van der Waals surface area contributed by atoms with Crippen LogP contribution in [0.4, 0.5) is 5.82 Å². The minimum absolute atomic E-state index is 0.412. The Morgan fingerprint density at radius 1 is 1.35 bits per heavy atom. The molecule has 0 spiro atoms. The second-order valence-electron chi connectivity index (χ2n) is 6.39. The van der Waals surface area contributed by atoms with Crippen LogP contribution in [-0.4, -0.2) is 72.0 Å². The molecule has 2 rings (SSSR count). The molecule has 1 atom stereocenters. The second kappa shape index (κ2) is 8.57. The van der Waals surface area contributed by atoms with Crippen LogP contribution in [-0.2, 0) is 4.74 Å². The molecular formula is C17H30N4O2. The Morgan fingerprint density at radius 3 is 2.65 bits per heavy atom. The molecule has 2 heterocycles. The molecule has 0 aliphatic carbocycles. The van der Waals surface area contributed by atoms with Crippen molar-refractivity contribution in [1.29, 1.82) is 0 Å². The molecule has 1 aromatic heterocycles. The van der Waals surface area contributed by atoms with Crippen LogP contribution in [0.2, 0.25) is 0 Å². The maximum Gasteiger partial charge on any atom is 0.132 e. The lowest BCUT2D eigenvalue weighted by atomic mass is 10.0. The van der Waals surface area contributed by atoms with Crippen molar-refractivity contribution in [3.05, 3.63) is 17.6 Å². The van der Waals surface area contributed by atoms with Crippen molar-refractivity contribution in [2.45, 2.75) is 45.8 Å². The molecule has 0 amide bonds. The Balaban J connectivity index is 1.83. The smallest absolute Gasteiger partial charge is 0.132 e. The lowest BCUT2D eigenvalue weighted by Gasteiger charge is -2.38. The van der Waals surface area contributed by atoms with Gasteiger partial charge in [-0.25, -0.2) is 9.97 Å². The van der Waals surface area contributed by atoms with Crippen molar-refractivity contribution in [1.82, 2.24) is 14.9 Å². The Labute approximate surface area is 139 Å². The summed E-state index contributed by atoms with van der Waals surface area (Å²) in [5.74, 6) is 1.87. The van der Waals surface area contributed by atoms with E-state index in [9.17, 15) is 5.11 Å². The zero-order valence-corrected chi connectivity index (χ0v) is 14.8. The van der Waals surface area contributed by atoms with E-state index in [2.05, 4.69) is 32.9 Å². The van der Waals surface area contributed by atoms with Crippen LogP contribution in [0.15, 0.2) is 6.07 Å². The molecule has 1 N–H and O–H groups in total. The normalized spacial score (nSPS) is 17.7. The molecule has 1 aliphatic heterocycles. The summed E-state index contributed by atoms with van der Waals surface area (Å²) in [6.45, 7) is 9.61. The second-order valence-corrected chi connectivity index (χ2v) is 6.39. The van der Waals surface area contributed by atoms with Crippen molar-refractivity contribution in [3.8, 4) is 0 Å². The van der Waals surface area contributed by atoms with Crippen LogP contribution in [0.3, 0.4) is 0 Å². The summed E-state index contributed by atoms with van der Waals surface area (Å²) >= 11 is 0. The van der Waals surface area contributed by atoms with E-state index >= 15 is 0 Å². The SMILES string of the molecule is CCOCC(O)CN(C)C1CCN(c2cc(C)nc(C)n2)CC1. The number of aromatic nitrogens is 2. The maximum absolute atomic E-state index is 9.98. The van der Waals surface area contributed by atoms with Crippen LogP contribution < -0.4 is 4.90 Å². The largest absolute Gasteiger partial charge is 0.389 e. The molecule has 1 aromatic rings. The number of aryl methyl sites for hydroxylation is 2. The van der Waals surface area contributed by atoms with Gasteiger partial charge in [-0.2, -0.15) is 0 Å². The van der Waals surface area contributed by atoms with Crippen molar-refractivity contribution in [3.63, 3.8) is 0 Å². The molecule has 0 aromatic carbocycles. The van der Waals surface area contributed by atoms with E-state index in [4.69, 9.17) is 4.74 Å². The minimum Gasteiger partial charge on any atom is -0.389 e. The number of rotatable bonds is 7. The number of ether oxygens (including phenoxy) is 1. The highest BCUT2D eigenvalue weighted by atomic mass is 16.5. The lowest BCUT2D eigenvalue weighted by Crippen LogP contribution is -2.46. The molecule has 1 fully saturated rings. The quantitative estimate of drug-likeness (QED) is 0.818. The predicted octanol–water partition coefficient (Wildman–Crippen LogP) is 1.39. The van der Waals surface area contributed by atoms with Gasteiger partial charge in [0.25, 0.3) is 0 Å². The summed E-state index contributed by atoms with van der Waals surface area (Å²) in [6.07, 6.45) is 1.75. The van der Waals surface area contributed by atoms with Gasteiger partial charge in [0, 0.05) is 44.0 Å². The zero-order chi connectivity index (χ0) is 16.8. The van der Waals surface area contributed by atoms with Crippen LogP contribution in [0.1, 0.15) is 31.3 Å². The van der Waals surface area contributed by atoms with Crippen LogP contribution >= 0.6 is 0 Å². The first-order chi connectivity index (χ1) is 11.0. The molecule has 0 radical (unpaired) electrons. The lowest BCUT2D eigenvalue weighted by molar-refractivity contribution is 0.0163. The summed E-state index contributed by atoms with van der Waals surface area (Å²) in [7, 11) is 2.09. The zero-order valence-electron chi connectivity index (χ0n) is 14.8. The van der Waals surface area contributed by atoms with Gasteiger partial charge in [-0.3, -0.25) is 0 Å². The first-order valence-electron chi connectivity index (χ1n) is 8.53. The third-order valence-electron chi connectivity index (χ3n) is 4.38. The average Bonchev–Trinajstić information content (AvgIpc) is 2.52. The molecule has 1 saturated heterocycles. The number of aliphatic hydroxyl groups excluding tert-OH is 1. The third-order valence-corrected chi connectivity index (χ3v) is 4.38. The van der Waals surface area contributed by atoms with Gasteiger partial charge < -0.3 is 19.6 Å². The highest BCUT2D eigenvalue weighted by Crippen LogP contribution is 2.21. The third kappa shape index (κ3) is 5.41. The van der Waals surface area contributed by atoms with Gasteiger partial charge in [0.15, 0.2) is 0 Å². The maximum atomic E-state index is 9.98. The van der Waals surface area contributed by atoms with Gasteiger partial charge in [-0.1, -0.05) is 0 Å². The molecule has 0 saturated carbocycles. The number of anilines is 1. The molecule has 0 bridgehead atoms. The van der Waals surface area contributed by atoms with E-state index in [1.807, 2.05) is 20.8 Å². The number of nitrogens with zero attached hydrogens (tertiary/aromatic N) is 4. The molecule has 6 nitrogen and oxygen atoms in total. The summed E-state index contributed by atoms with van der Waals surface area (Å²) < 4.78 is 5.28. The van der Waals surface area contributed by atoms with Gasteiger partial charge in [0.05, 0.1) is 12.7 Å². The number of hydrogen-bond donors (Lipinski definition) is 1. The Hall–Kier alpha value is -1.24. The molecule has 1 aliphatic rings.